The van der Waals surface area contributed by atoms with E-state index in [4.69, 9.17) is 9.84 Å². The van der Waals surface area contributed by atoms with Crippen molar-refractivity contribution in [3.63, 3.8) is 0 Å². The largest absolute Gasteiger partial charge is 0.481 e. The number of carbonyl (C=O) groups excluding carboxylic acids is 2. The molecule has 0 aliphatic heterocycles. The highest BCUT2D eigenvalue weighted by Crippen LogP contribution is 2.44. The van der Waals surface area contributed by atoms with Crippen molar-refractivity contribution in [2.24, 2.45) is 11.8 Å². The number of carbonyl (C=O) groups is 3. The third-order valence-electron chi connectivity index (χ3n) is 7.30. The first-order chi connectivity index (χ1) is 17.0. The molecule has 186 valence electrons. The Morgan fingerprint density at radius 2 is 1.69 bits per heavy atom. The SMILES string of the molecule is CCN(CCC(=O)O)C(=O)C1CCCC(CNC(=O)OCC2c3ccccc3-c3ccccc32)C1. The van der Waals surface area contributed by atoms with Gasteiger partial charge in [0, 0.05) is 31.5 Å². The van der Waals surface area contributed by atoms with E-state index in [0.717, 1.165) is 19.3 Å². The topological polar surface area (TPSA) is 95.9 Å². The van der Waals surface area contributed by atoms with Gasteiger partial charge in [0.15, 0.2) is 0 Å². The zero-order valence-electron chi connectivity index (χ0n) is 20.2. The van der Waals surface area contributed by atoms with Crippen molar-refractivity contribution < 1.29 is 24.2 Å². The van der Waals surface area contributed by atoms with Gasteiger partial charge in [-0.2, -0.15) is 0 Å². The molecule has 1 fully saturated rings. The summed E-state index contributed by atoms with van der Waals surface area (Å²) in [5.74, 6) is -0.761. The summed E-state index contributed by atoms with van der Waals surface area (Å²) in [7, 11) is 0. The van der Waals surface area contributed by atoms with Crippen LogP contribution in [-0.4, -0.2) is 54.2 Å². The number of fused-ring (bicyclic) bond motifs is 3. The van der Waals surface area contributed by atoms with Gasteiger partial charge >= 0.3 is 12.1 Å². The van der Waals surface area contributed by atoms with Gasteiger partial charge in [-0.1, -0.05) is 55.0 Å². The van der Waals surface area contributed by atoms with Crippen LogP contribution >= 0.6 is 0 Å². The molecular formula is C28H34N2O5. The molecule has 4 rings (SSSR count). The van der Waals surface area contributed by atoms with Crippen molar-refractivity contribution in [3.05, 3.63) is 59.7 Å². The Hall–Kier alpha value is -3.35. The van der Waals surface area contributed by atoms with Gasteiger partial charge in [-0.25, -0.2) is 4.79 Å². The van der Waals surface area contributed by atoms with Crippen LogP contribution in [0.3, 0.4) is 0 Å². The highest BCUT2D eigenvalue weighted by Gasteiger charge is 2.31. The molecule has 0 aromatic heterocycles. The van der Waals surface area contributed by atoms with Crippen molar-refractivity contribution in [3.8, 4) is 11.1 Å². The maximum atomic E-state index is 12.9. The summed E-state index contributed by atoms with van der Waals surface area (Å²) in [5.41, 5.74) is 4.75. The molecule has 2 aliphatic rings. The Labute approximate surface area is 206 Å². The zero-order valence-corrected chi connectivity index (χ0v) is 20.2. The van der Waals surface area contributed by atoms with Gasteiger partial charge in [0.25, 0.3) is 0 Å². The smallest absolute Gasteiger partial charge is 0.407 e. The first-order valence-corrected chi connectivity index (χ1v) is 12.6. The summed E-state index contributed by atoms with van der Waals surface area (Å²) in [6.07, 6.45) is 2.91. The molecule has 0 heterocycles. The van der Waals surface area contributed by atoms with Gasteiger partial charge < -0.3 is 20.1 Å². The lowest BCUT2D eigenvalue weighted by Crippen LogP contribution is -2.41. The Bertz CT molecular complexity index is 1020. The van der Waals surface area contributed by atoms with Gasteiger partial charge in [0.2, 0.25) is 5.91 Å². The molecule has 0 spiro atoms. The minimum atomic E-state index is -0.898. The average molecular weight is 479 g/mol. The van der Waals surface area contributed by atoms with Crippen molar-refractivity contribution in [2.45, 2.75) is 44.9 Å². The van der Waals surface area contributed by atoms with Crippen LogP contribution in [0.25, 0.3) is 11.1 Å². The monoisotopic (exact) mass is 478 g/mol. The molecule has 0 bridgehead atoms. The summed E-state index contributed by atoms with van der Waals surface area (Å²) < 4.78 is 5.63. The number of ether oxygens (including phenoxy) is 1. The molecule has 2 unspecified atom stereocenters. The van der Waals surface area contributed by atoms with E-state index in [9.17, 15) is 14.4 Å². The highest BCUT2D eigenvalue weighted by atomic mass is 16.5. The third kappa shape index (κ3) is 5.84. The molecule has 2 aromatic rings. The normalized spacial score (nSPS) is 18.9. The Kier molecular flexibility index (Phi) is 8.06. The van der Waals surface area contributed by atoms with Crippen LogP contribution in [-0.2, 0) is 14.3 Å². The summed E-state index contributed by atoms with van der Waals surface area (Å²) in [6.45, 7) is 3.37. The fourth-order valence-electron chi connectivity index (χ4n) is 5.49. The van der Waals surface area contributed by atoms with Gasteiger partial charge in [-0.3, -0.25) is 9.59 Å². The van der Waals surface area contributed by atoms with Crippen LogP contribution in [0, 0.1) is 11.8 Å². The number of alkyl carbamates (subject to hydrolysis) is 1. The summed E-state index contributed by atoms with van der Waals surface area (Å²) in [6, 6.07) is 16.5. The van der Waals surface area contributed by atoms with E-state index in [1.807, 2.05) is 31.2 Å². The van der Waals surface area contributed by atoms with Gasteiger partial charge in [0.05, 0.1) is 6.42 Å². The number of hydrogen-bond donors (Lipinski definition) is 2. The fourth-order valence-corrected chi connectivity index (χ4v) is 5.49. The molecule has 1 saturated carbocycles. The molecule has 2 aromatic carbocycles. The summed E-state index contributed by atoms with van der Waals surface area (Å²) in [5, 5.41) is 11.8. The first-order valence-electron chi connectivity index (χ1n) is 12.6. The number of aliphatic carboxylic acids is 1. The fraction of sp³-hybridized carbons (Fsp3) is 0.464. The predicted molar refractivity (Wildman–Crippen MR) is 133 cm³/mol. The Morgan fingerprint density at radius 3 is 2.31 bits per heavy atom. The quantitative estimate of drug-likeness (QED) is 0.547. The molecule has 0 radical (unpaired) electrons. The van der Waals surface area contributed by atoms with Crippen molar-refractivity contribution in [1.82, 2.24) is 10.2 Å². The number of amides is 2. The number of nitrogens with one attached hydrogen (secondary N) is 1. The number of carboxylic acids is 1. The maximum absolute atomic E-state index is 12.9. The average Bonchev–Trinajstić information content (AvgIpc) is 3.20. The molecule has 2 amide bonds. The lowest BCUT2D eigenvalue weighted by atomic mass is 9.80. The molecule has 7 heteroatoms. The van der Waals surface area contributed by atoms with E-state index in [1.165, 1.54) is 22.3 Å². The van der Waals surface area contributed by atoms with E-state index >= 15 is 0 Å². The third-order valence-corrected chi connectivity index (χ3v) is 7.30. The highest BCUT2D eigenvalue weighted by molar-refractivity contribution is 5.80. The minimum absolute atomic E-state index is 0.0238. The van der Waals surface area contributed by atoms with Crippen molar-refractivity contribution in [1.29, 1.82) is 0 Å². The van der Waals surface area contributed by atoms with Gasteiger partial charge in [-0.15, -0.1) is 0 Å². The van der Waals surface area contributed by atoms with Crippen LogP contribution in [0.2, 0.25) is 0 Å². The molecule has 2 N–H and O–H groups in total. The van der Waals surface area contributed by atoms with Crippen LogP contribution < -0.4 is 5.32 Å². The lowest BCUT2D eigenvalue weighted by molar-refractivity contribution is -0.140. The first kappa shape index (κ1) is 24.8. The van der Waals surface area contributed by atoms with Crippen LogP contribution in [0.4, 0.5) is 4.79 Å². The van der Waals surface area contributed by atoms with Gasteiger partial charge in [0.1, 0.15) is 6.61 Å². The second kappa shape index (κ2) is 11.4. The maximum Gasteiger partial charge on any atom is 0.407 e. The Balaban J connectivity index is 1.27. The van der Waals surface area contributed by atoms with E-state index in [2.05, 4.69) is 29.6 Å². The second-order valence-corrected chi connectivity index (χ2v) is 9.50. The van der Waals surface area contributed by atoms with Crippen molar-refractivity contribution in [2.75, 3.05) is 26.2 Å². The summed E-state index contributed by atoms with van der Waals surface area (Å²) in [4.78, 5) is 37.9. The molecule has 0 saturated heterocycles. The zero-order chi connectivity index (χ0) is 24.8. The van der Waals surface area contributed by atoms with Gasteiger partial charge in [-0.05, 0) is 54.4 Å². The molecule has 2 aliphatic carbocycles. The number of hydrogen-bond acceptors (Lipinski definition) is 4. The van der Waals surface area contributed by atoms with Crippen LogP contribution in [0.5, 0.6) is 0 Å². The van der Waals surface area contributed by atoms with E-state index in [1.54, 1.807) is 4.90 Å². The van der Waals surface area contributed by atoms with E-state index in [-0.39, 0.29) is 43.2 Å². The molecule has 7 nitrogen and oxygen atoms in total. The second-order valence-electron chi connectivity index (χ2n) is 9.50. The van der Waals surface area contributed by atoms with E-state index < -0.39 is 12.1 Å². The number of rotatable bonds is 9. The number of carboxylic acid groups (broad SMARTS) is 1. The number of benzene rings is 2. The number of nitrogens with zero attached hydrogens (tertiary/aromatic N) is 1. The minimum Gasteiger partial charge on any atom is -0.481 e. The summed E-state index contributed by atoms with van der Waals surface area (Å²) >= 11 is 0. The van der Waals surface area contributed by atoms with Crippen molar-refractivity contribution >= 4 is 18.0 Å². The standard InChI is InChI=1S/C28H34N2O5/c1-2-30(15-14-26(31)32)27(33)20-9-7-8-19(16-20)17-29-28(34)35-18-25-23-12-5-3-10-21(23)22-11-4-6-13-24(22)25/h3-6,10-13,19-20,25H,2,7-9,14-18H2,1H3,(H,29,34)(H,31,32). The van der Waals surface area contributed by atoms with E-state index in [0.29, 0.717) is 19.5 Å². The van der Waals surface area contributed by atoms with Crippen LogP contribution in [0.15, 0.2) is 48.5 Å². The molecular weight excluding hydrogens is 444 g/mol. The Morgan fingerprint density at radius 1 is 1.03 bits per heavy atom. The molecule has 2 atom stereocenters. The van der Waals surface area contributed by atoms with Crippen LogP contribution in [0.1, 0.15) is 56.1 Å². The predicted octanol–water partition coefficient (Wildman–Crippen LogP) is 4.65. The lowest BCUT2D eigenvalue weighted by Gasteiger charge is -2.32. The molecule has 35 heavy (non-hydrogen) atoms.